The predicted molar refractivity (Wildman–Crippen MR) is 200 cm³/mol. The van der Waals surface area contributed by atoms with Gasteiger partial charge in [-0.15, -0.1) is 0 Å². The van der Waals surface area contributed by atoms with Crippen molar-refractivity contribution in [2.75, 3.05) is 0 Å². The zero-order chi connectivity index (χ0) is 31.6. The minimum absolute atomic E-state index is 0.827. The monoisotopic (exact) mass is 612 g/mol. The summed E-state index contributed by atoms with van der Waals surface area (Å²) in [4.78, 5) is 0. The molecule has 2 nitrogen and oxygen atoms in total. The Balaban J connectivity index is 1.32. The van der Waals surface area contributed by atoms with Crippen LogP contribution in [0.25, 0.3) is 99.2 Å². The molecule has 2 aromatic heterocycles. The molecule has 10 rings (SSSR count). The van der Waals surface area contributed by atoms with Crippen LogP contribution < -0.4 is 0 Å². The largest absolute Gasteiger partial charge is 0.456 e. The van der Waals surface area contributed by atoms with E-state index in [0.717, 1.165) is 49.8 Å². The van der Waals surface area contributed by atoms with Crippen LogP contribution in [0, 0.1) is 0 Å². The van der Waals surface area contributed by atoms with Gasteiger partial charge in [-0.25, -0.2) is 0 Å². The second-order valence-electron chi connectivity index (χ2n) is 12.4. The zero-order valence-corrected chi connectivity index (χ0v) is 26.0. The normalized spacial score (nSPS) is 11.8. The first-order chi connectivity index (χ1) is 23.8. The third-order valence-corrected chi connectivity index (χ3v) is 9.69. The van der Waals surface area contributed by atoms with E-state index in [-0.39, 0.29) is 0 Å². The summed E-state index contributed by atoms with van der Waals surface area (Å²) in [5, 5.41) is 7.94. The molecule has 0 aliphatic rings. The topological polar surface area (TPSA) is 26.3 Å². The summed E-state index contributed by atoms with van der Waals surface area (Å²) in [5.41, 5.74) is 10.7. The Kier molecular flexibility index (Phi) is 5.91. The summed E-state index contributed by atoms with van der Waals surface area (Å²) in [5.74, 6) is 0.860. The number of benzene rings is 8. The van der Waals surface area contributed by atoms with Crippen LogP contribution in [0.15, 0.2) is 179 Å². The second-order valence-corrected chi connectivity index (χ2v) is 12.4. The van der Waals surface area contributed by atoms with Gasteiger partial charge in [0.2, 0.25) is 0 Å². The predicted octanol–water partition coefficient (Wildman–Crippen LogP) is 13.3. The fourth-order valence-corrected chi connectivity index (χ4v) is 7.57. The molecule has 10 aromatic rings. The molecule has 0 spiro atoms. The van der Waals surface area contributed by atoms with E-state index in [2.05, 4.69) is 158 Å². The Hall–Kier alpha value is -6.38. The van der Waals surface area contributed by atoms with E-state index in [9.17, 15) is 0 Å². The van der Waals surface area contributed by atoms with E-state index >= 15 is 0 Å². The molecule has 0 saturated heterocycles. The highest BCUT2D eigenvalue weighted by Gasteiger charge is 2.26. The van der Waals surface area contributed by atoms with Crippen LogP contribution in [-0.4, -0.2) is 0 Å². The van der Waals surface area contributed by atoms with Crippen molar-refractivity contribution in [2.24, 2.45) is 0 Å². The van der Waals surface area contributed by atoms with Crippen molar-refractivity contribution in [2.45, 2.75) is 0 Å². The molecule has 48 heavy (non-hydrogen) atoms. The van der Waals surface area contributed by atoms with Crippen molar-refractivity contribution in [1.29, 1.82) is 0 Å². The van der Waals surface area contributed by atoms with Crippen LogP contribution in [0.5, 0.6) is 0 Å². The molecule has 0 amide bonds. The van der Waals surface area contributed by atoms with Gasteiger partial charge in [-0.3, -0.25) is 0 Å². The summed E-state index contributed by atoms with van der Waals surface area (Å²) >= 11 is 0. The van der Waals surface area contributed by atoms with Crippen LogP contribution in [0.2, 0.25) is 0 Å². The van der Waals surface area contributed by atoms with Crippen LogP contribution >= 0.6 is 0 Å². The minimum Gasteiger partial charge on any atom is -0.456 e. The number of furan rings is 2. The highest BCUT2D eigenvalue weighted by molar-refractivity contribution is 6.27. The van der Waals surface area contributed by atoms with Crippen molar-refractivity contribution in [3.05, 3.63) is 170 Å². The van der Waals surface area contributed by atoms with Crippen LogP contribution in [0.4, 0.5) is 0 Å². The molecule has 0 bridgehead atoms. The molecule has 2 heteroatoms. The lowest BCUT2D eigenvalue weighted by Gasteiger charge is -2.18. The lowest BCUT2D eigenvalue weighted by atomic mass is 9.84. The Bertz CT molecular complexity index is 2750. The highest BCUT2D eigenvalue weighted by Crippen LogP contribution is 2.51. The fraction of sp³-hybridized carbons (Fsp3) is 0. The van der Waals surface area contributed by atoms with E-state index in [0.29, 0.717) is 0 Å². The van der Waals surface area contributed by atoms with Crippen molar-refractivity contribution in [3.8, 4) is 44.7 Å². The number of hydrogen-bond donors (Lipinski definition) is 0. The Morgan fingerprint density at radius 2 is 0.771 bits per heavy atom. The minimum atomic E-state index is 0.827. The lowest BCUT2D eigenvalue weighted by molar-refractivity contribution is 0.634. The summed E-state index contributed by atoms with van der Waals surface area (Å²) in [6, 6.07) is 60.2. The Morgan fingerprint density at radius 1 is 0.271 bits per heavy atom. The Morgan fingerprint density at radius 3 is 1.42 bits per heavy atom. The smallest absolute Gasteiger partial charge is 0.147 e. The van der Waals surface area contributed by atoms with Crippen molar-refractivity contribution < 1.29 is 8.83 Å². The van der Waals surface area contributed by atoms with Gasteiger partial charge in [0.15, 0.2) is 0 Å². The van der Waals surface area contributed by atoms with Crippen LogP contribution in [0.3, 0.4) is 0 Å². The maximum absolute atomic E-state index is 7.03. The van der Waals surface area contributed by atoms with E-state index in [1.54, 1.807) is 0 Å². The number of rotatable bonds is 4. The van der Waals surface area contributed by atoms with Crippen molar-refractivity contribution in [1.82, 2.24) is 0 Å². The van der Waals surface area contributed by atoms with Crippen LogP contribution in [0.1, 0.15) is 0 Å². The summed E-state index contributed by atoms with van der Waals surface area (Å²) in [6.07, 6.45) is 0. The zero-order valence-electron chi connectivity index (χ0n) is 26.0. The molecule has 224 valence electrons. The molecule has 0 atom stereocenters. The second kappa shape index (κ2) is 10.6. The van der Waals surface area contributed by atoms with Gasteiger partial charge >= 0.3 is 0 Å². The molecular weight excluding hydrogens is 585 g/mol. The molecule has 2 heterocycles. The third kappa shape index (κ3) is 4.00. The molecule has 0 unspecified atom stereocenters. The lowest BCUT2D eigenvalue weighted by Crippen LogP contribution is -1.91. The Labute approximate surface area is 277 Å². The van der Waals surface area contributed by atoms with Crippen LogP contribution in [-0.2, 0) is 0 Å². The van der Waals surface area contributed by atoms with Gasteiger partial charge in [0, 0.05) is 27.5 Å². The highest BCUT2D eigenvalue weighted by atomic mass is 16.3. The van der Waals surface area contributed by atoms with Gasteiger partial charge in [-0.1, -0.05) is 152 Å². The van der Waals surface area contributed by atoms with Crippen molar-refractivity contribution >= 4 is 54.5 Å². The fourth-order valence-electron chi connectivity index (χ4n) is 7.57. The average Bonchev–Trinajstić information content (AvgIpc) is 3.73. The molecule has 0 radical (unpaired) electrons. The molecule has 0 aliphatic carbocycles. The van der Waals surface area contributed by atoms with Gasteiger partial charge in [0.1, 0.15) is 22.5 Å². The van der Waals surface area contributed by atoms with E-state index in [1.807, 2.05) is 12.1 Å². The van der Waals surface area contributed by atoms with Crippen molar-refractivity contribution in [3.63, 3.8) is 0 Å². The third-order valence-electron chi connectivity index (χ3n) is 9.69. The number of para-hydroxylation sites is 1. The number of fused-ring (bicyclic) bond motifs is 7. The first kappa shape index (κ1) is 26.8. The first-order valence-corrected chi connectivity index (χ1v) is 16.4. The molecular formula is C46H28O2. The quantitative estimate of drug-likeness (QED) is 0.185. The van der Waals surface area contributed by atoms with Gasteiger partial charge in [0.05, 0.1) is 5.39 Å². The summed E-state index contributed by atoms with van der Waals surface area (Å²) in [7, 11) is 0. The molecule has 0 aliphatic heterocycles. The van der Waals surface area contributed by atoms with E-state index in [4.69, 9.17) is 8.83 Å². The summed E-state index contributed by atoms with van der Waals surface area (Å²) in [6.45, 7) is 0. The maximum Gasteiger partial charge on any atom is 0.147 e. The number of hydrogen-bond acceptors (Lipinski definition) is 2. The molecule has 0 N–H and O–H groups in total. The van der Waals surface area contributed by atoms with Gasteiger partial charge in [-0.2, -0.15) is 0 Å². The molecule has 0 saturated carbocycles. The van der Waals surface area contributed by atoms with E-state index in [1.165, 1.54) is 49.4 Å². The standard InChI is InChI=1S/C46H28O2/c1-3-13-29(14-4-1)30-23-25-31(26-24-30)41-33-17-7-9-19-35(33)42(36-20-10-8-18-34(36)41)44-38-27-28-40-43(37-21-11-12-22-39(37)47-40)46(38)48-45(44)32-15-5-2-6-16-32/h1-28H. The first-order valence-electron chi connectivity index (χ1n) is 16.4. The SMILES string of the molecule is c1ccc(-c2ccc(-c3c4ccccc4c(-c4c(-c5ccccc5)oc5c4ccc4oc6ccccc6c45)c4ccccc34)cc2)cc1. The van der Waals surface area contributed by atoms with Gasteiger partial charge in [-0.05, 0) is 62.0 Å². The van der Waals surface area contributed by atoms with E-state index < -0.39 is 0 Å². The van der Waals surface area contributed by atoms with Gasteiger partial charge in [0.25, 0.3) is 0 Å². The molecule has 0 fully saturated rings. The van der Waals surface area contributed by atoms with Gasteiger partial charge < -0.3 is 8.83 Å². The maximum atomic E-state index is 7.03. The summed E-state index contributed by atoms with van der Waals surface area (Å²) < 4.78 is 13.3. The molecule has 8 aromatic carbocycles. The average molecular weight is 613 g/mol.